The van der Waals surface area contributed by atoms with Gasteiger partial charge in [0.25, 0.3) is 5.91 Å². The fraction of sp³-hybridized carbons (Fsp3) is 0.304. The van der Waals surface area contributed by atoms with Gasteiger partial charge in [-0.25, -0.2) is 0 Å². The average molecular weight is 391 g/mol. The minimum Gasteiger partial charge on any atom is -0.379 e. The fourth-order valence-corrected chi connectivity index (χ4v) is 3.68. The van der Waals surface area contributed by atoms with E-state index in [1.165, 1.54) is 10.5 Å². The van der Waals surface area contributed by atoms with Crippen LogP contribution in [0, 0.1) is 0 Å². The van der Waals surface area contributed by atoms with Crippen molar-refractivity contribution in [1.82, 2.24) is 15.1 Å². The van der Waals surface area contributed by atoms with Crippen LogP contribution in [-0.2, 0) is 22.6 Å². The Morgan fingerprint density at radius 2 is 1.66 bits per heavy atom. The van der Waals surface area contributed by atoms with Gasteiger partial charge in [-0.1, -0.05) is 49.0 Å². The summed E-state index contributed by atoms with van der Waals surface area (Å²) in [6.45, 7) is 8.79. The summed E-state index contributed by atoms with van der Waals surface area (Å²) in [5.74, 6) is -0.377. The Bertz CT molecular complexity index is 882. The number of hydrogen-bond acceptors (Lipinski definition) is 4. The molecule has 29 heavy (non-hydrogen) atoms. The molecule has 0 unspecified atom stereocenters. The van der Waals surface area contributed by atoms with Crippen molar-refractivity contribution in [2.75, 3.05) is 32.8 Å². The maximum Gasteiger partial charge on any atom is 0.259 e. The molecule has 2 aliphatic rings. The van der Waals surface area contributed by atoms with E-state index in [0.717, 1.165) is 44.0 Å². The van der Waals surface area contributed by atoms with Gasteiger partial charge < -0.3 is 10.1 Å². The molecule has 2 heterocycles. The quantitative estimate of drug-likeness (QED) is 0.821. The SMILES string of the molecule is C=C1c2ccccc2C(=O)N1CC(=O)NCc1ccc(CN2CCOCC2)cc1. The monoisotopic (exact) mass is 391 g/mol. The lowest BCUT2D eigenvalue weighted by molar-refractivity contribution is -0.121. The molecule has 6 nitrogen and oxygen atoms in total. The highest BCUT2D eigenvalue weighted by atomic mass is 16.5. The van der Waals surface area contributed by atoms with Crippen LogP contribution in [0.1, 0.15) is 27.0 Å². The number of benzene rings is 2. The van der Waals surface area contributed by atoms with Crippen LogP contribution < -0.4 is 5.32 Å². The summed E-state index contributed by atoms with van der Waals surface area (Å²) < 4.78 is 5.38. The largest absolute Gasteiger partial charge is 0.379 e. The molecule has 0 bridgehead atoms. The van der Waals surface area contributed by atoms with E-state index < -0.39 is 0 Å². The molecule has 2 amide bonds. The van der Waals surface area contributed by atoms with Crippen molar-refractivity contribution in [2.24, 2.45) is 0 Å². The minimum atomic E-state index is -0.204. The Morgan fingerprint density at radius 1 is 1.00 bits per heavy atom. The third-order valence-electron chi connectivity index (χ3n) is 5.36. The van der Waals surface area contributed by atoms with Crippen molar-refractivity contribution >= 4 is 17.5 Å². The highest BCUT2D eigenvalue weighted by Crippen LogP contribution is 2.30. The molecule has 0 atom stereocenters. The number of nitrogens with one attached hydrogen (secondary N) is 1. The molecule has 1 fully saturated rings. The van der Waals surface area contributed by atoms with Crippen LogP contribution in [0.15, 0.2) is 55.1 Å². The van der Waals surface area contributed by atoms with E-state index in [2.05, 4.69) is 28.9 Å². The summed E-state index contributed by atoms with van der Waals surface area (Å²) in [6, 6.07) is 15.6. The van der Waals surface area contributed by atoms with Gasteiger partial charge >= 0.3 is 0 Å². The van der Waals surface area contributed by atoms with Gasteiger partial charge in [0.1, 0.15) is 6.54 Å². The van der Waals surface area contributed by atoms with Crippen LogP contribution in [0.25, 0.3) is 5.70 Å². The van der Waals surface area contributed by atoms with E-state index in [1.807, 2.05) is 30.3 Å². The molecular weight excluding hydrogens is 366 g/mol. The average Bonchev–Trinajstić information content (AvgIpc) is 2.99. The minimum absolute atomic E-state index is 0.0263. The fourth-order valence-electron chi connectivity index (χ4n) is 3.68. The van der Waals surface area contributed by atoms with Gasteiger partial charge in [-0.3, -0.25) is 19.4 Å². The molecule has 0 saturated carbocycles. The number of amides is 2. The summed E-state index contributed by atoms with van der Waals surface area (Å²) in [5.41, 5.74) is 4.24. The second-order valence-corrected chi connectivity index (χ2v) is 7.37. The lowest BCUT2D eigenvalue weighted by Crippen LogP contribution is -2.36. The molecular formula is C23H25N3O3. The number of rotatable bonds is 6. The van der Waals surface area contributed by atoms with Gasteiger partial charge in [0.05, 0.1) is 13.2 Å². The van der Waals surface area contributed by atoms with Gasteiger partial charge in [0.2, 0.25) is 5.91 Å². The van der Waals surface area contributed by atoms with Crippen LogP contribution in [0.3, 0.4) is 0 Å². The maximum atomic E-state index is 12.5. The molecule has 1 saturated heterocycles. The van der Waals surface area contributed by atoms with Gasteiger partial charge in [0.15, 0.2) is 0 Å². The zero-order chi connectivity index (χ0) is 20.2. The Balaban J connectivity index is 1.28. The topological polar surface area (TPSA) is 61.9 Å². The van der Waals surface area contributed by atoms with Crippen LogP contribution in [0.5, 0.6) is 0 Å². The molecule has 1 N–H and O–H groups in total. The zero-order valence-electron chi connectivity index (χ0n) is 16.4. The molecule has 0 spiro atoms. The number of fused-ring (bicyclic) bond motifs is 1. The summed E-state index contributed by atoms with van der Waals surface area (Å²) in [4.78, 5) is 28.7. The number of ether oxygens (including phenoxy) is 1. The summed E-state index contributed by atoms with van der Waals surface area (Å²) >= 11 is 0. The lowest BCUT2D eigenvalue weighted by atomic mass is 10.1. The van der Waals surface area contributed by atoms with Crippen LogP contribution in [0.2, 0.25) is 0 Å². The smallest absolute Gasteiger partial charge is 0.259 e. The van der Waals surface area contributed by atoms with Crippen molar-refractivity contribution < 1.29 is 14.3 Å². The third-order valence-corrected chi connectivity index (χ3v) is 5.36. The second-order valence-electron chi connectivity index (χ2n) is 7.37. The van der Waals surface area contributed by atoms with Crippen LogP contribution in [0.4, 0.5) is 0 Å². The van der Waals surface area contributed by atoms with Crippen LogP contribution >= 0.6 is 0 Å². The third kappa shape index (κ3) is 4.39. The Kier molecular flexibility index (Phi) is 5.74. The first-order valence-corrected chi connectivity index (χ1v) is 9.86. The number of carbonyl (C=O) groups excluding carboxylic acids is 2. The highest BCUT2D eigenvalue weighted by Gasteiger charge is 2.31. The Labute approximate surface area is 170 Å². The molecule has 150 valence electrons. The molecule has 0 aromatic heterocycles. The molecule has 4 rings (SSSR count). The Hall–Kier alpha value is -2.96. The maximum absolute atomic E-state index is 12.5. The standard InChI is InChI=1S/C23H25N3O3/c1-17-20-4-2-3-5-21(20)23(28)26(17)16-22(27)24-14-18-6-8-19(9-7-18)15-25-10-12-29-13-11-25/h2-9H,1,10-16H2,(H,24,27). The van der Waals surface area contributed by atoms with Gasteiger partial charge in [-0.15, -0.1) is 0 Å². The van der Waals surface area contributed by atoms with E-state index in [9.17, 15) is 9.59 Å². The summed E-state index contributed by atoms with van der Waals surface area (Å²) in [6.07, 6.45) is 0. The second kappa shape index (κ2) is 8.59. The molecule has 2 aromatic rings. The van der Waals surface area contributed by atoms with Gasteiger partial charge in [-0.05, 0) is 17.2 Å². The van der Waals surface area contributed by atoms with Crippen molar-refractivity contribution in [3.8, 4) is 0 Å². The van der Waals surface area contributed by atoms with E-state index in [1.54, 1.807) is 6.07 Å². The molecule has 2 aliphatic heterocycles. The normalized spacial score (nSPS) is 16.8. The summed E-state index contributed by atoms with van der Waals surface area (Å²) in [7, 11) is 0. The van der Waals surface area contributed by atoms with Crippen molar-refractivity contribution in [3.63, 3.8) is 0 Å². The molecule has 6 heteroatoms. The first-order chi connectivity index (χ1) is 14.1. The lowest BCUT2D eigenvalue weighted by Gasteiger charge is -2.26. The molecule has 2 aromatic carbocycles. The van der Waals surface area contributed by atoms with E-state index in [0.29, 0.717) is 17.8 Å². The van der Waals surface area contributed by atoms with Crippen molar-refractivity contribution in [2.45, 2.75) is 13.1 Å². The van der Waals surface area contributed by atoms with E-state index >= 15 is 0 Å². The number of morpholine rings is 1. The first kappa shape index (κ1) is 19.4. The van der Waals surface area contributed by atoms with Crippen molar-refractivity contribution in [1.29, 1.82) is 0 Å². The predicted octanol–water partition coefficient (Wildman–Crippen LogP) is 2.26. The van der Waals surface area contributed by atoms with Gasteiger partial charge in [-0.2, -0.15) is 0 Å². The van der Waals surface area contributed by atoms with Crippen molar-refractivity contribution in [3.05, 3.63) is 77.4 Å². The van der Waals surface area contributed by atoms with Gasteiger partial charge in [0, 0.05) is 43.0 Å². The molecule has 0 aliphatic carbocycles. The zero-order valence-corrected chi connectivity index (χ0v) is 16.4. The van der Waals surface area contributed by atoms with E-state index in [4.69, 9.17) is 4.74 Å². The predicted molar refractivity (Wildman–Crippen MR) is 111 cm³/mol. The van der Waals surface area contributed by atoms with E-state index in [-0.39, 0.29) is 18.4 Å². The van der Waals surface area contributed by atoms with Crippen LogP contribution in [-0.4, -0.2) is 54.5 Å². The highest BCUT2D eigenvalue weighted by molar-refractivity contribution is 6.10. The first-order valence-electron chi connectivity index (χ1n) is 9.86. The number of nitrogens with zero attached hydrogens (tertiary/aromatic N) is 2. The number of hydrogen-bond donors (Lipinski definition) is 1. The number of carbonyl (C=O) groups is 2. The summed E-state index contributed by atoms with van der Waals surface area (Å²) in [5, 5.41) is 2.89. The Morgan fingerprint density at radius 3 is 2.34 bits per heavy atom. The molecule has 0 radical (unpaired) electrons.